The molecule has 1 aromatic carbocycles. The molecule has 0 N–H and O–H groups in total. The van der Waals surface area contributed by atoms with E-state index in [2.05, 4.69) is 6.58 Å². The fraction of sp³-hybridized carbons (Fsp3) is 0.182. The third kappa shape index (κ3) is 3.64. The number of carboxylic acid groups (broad SMARTS) is 1. The van der Waals surface area contributed by atoms with Crippen molar-refractivity contribution in [2.45, 2.75) is 6.42 Å². The Morgan fingerprint density at radius 1 is 1.60 bits per heavy atom. The van der Waals surface area contributed by atoms with Crippen molar-refractivity contribution in [1.82, 2.24) is 0 Å². The van der Waals surface area contributed by atoms with Crippen LogP contribution in [0.1, 0.15) is 5.56 Å². The molecular weight excluding hydrogens is 216 g/mol. The van der Waals surface area contributed by atoms with Gasteiger partial charge in [-0.15, -0.1) is 0 Å². The number of halogens is 1. The van der Waals surface area contributed by atoms with Crippen molar-refractivity contribution in [2.24, 2.45) is 0 Å². The van der Waals surface area contributed by atoms with E-state index in [1.165, 1.54) is 0 Å². The molecule has 0 aliphatic rings. The second-order valence-corrected chi connectivity index (χ2v) is 3.32. The maximum Gasteiger partial charge on any atom is 0.138 e. The van der Waals surface area contributed by atoms with Crippen LogP contribution in [0.4, 0.5) is 0 Å². The number of carbonyl (C=O) groups is 1. The number of hydrogen-bond acceptors (Lipinski definition) is 3. The summed E-state index contributed by atoms with van der Waals surface area (Å²) in [6.45, 7) is 3.87. The summed E-state index contributed by atoms with van der Waals surface area (Å²) in [5.74, 6) is -0.621. The van der Waals surface area contributed by atoms with Crippen molar-refractivity contribution < 1.29 is 14.6 Å². The molecule has 0 bridgehead atoms. The molecule has 3 nitrogen and oxygen atoms in total. The van der Waals surface area contributed by atoms with Crippen molar-refractivity contribution in [3.63, 3.8) is 0 Å². The molecule has 80 valence electrons. The Labute approximate surface area is 92.9 Å². The average molecular weight is 226 g/mol. The number of ether oxygens (including phenoxy) is 1. The number of carbonyl (C=O) groups excluding carboxylic acids is 1. The van der Waals surface area contributed by atoms with Gasteiger partial charge in [0.25, 0.3) is 0 Å². The number of benzene rings is 1. The van der Waals surface area contributed by atoms with Crippen molar-refractivity contribution >= 4 is 17.6 Å². The SMILES string of the molecule is C=CCOc1ccc(CC(=O)[O-])cc1Cl. The number of rotatable bonds is 5. The summed E-state index contributed by atoms with van der Waals surface area (Å²) < 4.78 is 5.23. The lowest BCUT2D eigenvalue weighted by molar-refractivity contribution is -0.304. The lowest BCUT2D eigenvalue weighted by Gasteiger charge is -2.08. The standard InChI is InChI=1S/C11H11ClO3/c1-2-5-15-10-4-3-8(6-9(10)12)7-11(13)14/h2-4,6H,1,5,7H2,(H,13,14)/p-1. The van der Waals surface area contributed by atoms with E-state index in [1.807, 2.05) is 0 Å². The molecule has 1 aromatic rings. The van der Waals surface area contributed by atoms with Gasteiger partial charge in [-0.05, 0) is 17.7 Å². The van der Waals surface area contributed by atoms with Crippen LogP contribution in [-0.4, -0.2) is 12.6 Å². The Bertz CT molecular complexity index is 374. The van der Waals surface area contributed by atoms with E-state index < -0.39 is 5.97 Å². The molecule has 0 saturated carbocycles. The van der Waals surface area contributed by atoms with E-state index in [0.29, 0.717) is 22.9 Å². The zero-order valence-electron chi connectivity index (χ0n) is 8.03. The largest absolute Gasteiger partial charge is 0.550 e. The number of aliphatic carboxylic acids is 1. The minimum Gasteiger partial charge on any atom is -0.550 e. The summed E-state index contributed by atoms with van der Waals surface area (Å²) in [7, 11) is 0. The Balaban J connectivity index is 2.78. The fourth-order valence-corrected chi connectivity index (χ4v) is 1.34. The molecule has 15 heavy (non-hydrogen) atoms. The van der Waals surface area contributed by atoms with Crippen LogP contribution in [0.25, 0.3) is 0 Å². The molecule has 0 atom stereocenters. The Morgan fingerprint density at radius 3 is 2.87 bits per heavy atom. The second kappa shape index (κ2) is 5.41. The van der Waals surface area contributed by atoms with Crippen molar-refractivity contribution in [2.75, 3.05) is 6.61 Å². The molecule has 1 rings (SSSR count). The molecule has 0 aliphatic carbocycles. The van der Waals surface area contributed by atoms with Crippen LogP contribution >= 0.6 is 11.6 Å². The van der Waals surface area contributed by atoms with Gasteiger partial charge in [0.2, 0.25) is 0 Å². The van der Waals surface area contributed by atoms with Crippen molar-refractivity contribution in [1.29, 1.82) is 0 Å². The zero-order valence-corrected chi connectivity index (χ0v) is 8.79. The van der Waals surface area contributed by atoms with Crippen LogP contribution < -0.4 is 9.84 Å². The molecule has 0 aromatic heterocycles. The van der Waals surface area contributed by atoms with Gasteiger partial charge >= 0.3 is 0 Å². The second-order valence-electron chi connectivity index (χ2n) is 2.91. The highest BCUT2D eigenvalue weighted by Crippen LogP contribution is 2.25. The Kier molecular flexibility index (Phi) is 4.18. The first-order valence-electron chi connectivity index (χ1n) is 4.35. The molecule has 0 radical (unpaired) electrons. The lowest BCUT2D eigenvalue weighted by atomic mass is 10.1. The van der Waals surface area contributed by atoms with Crippen LogP contribution in [0.15, 0.2) is 30.9 Å². The minimum atomic E-state index is -1.13. The van der Waals surface area contributed by atoms with Gasteiger partial charge in [0.05, 0.1) is 5.02 Å². The van der Waals surface area contributed by atoms with Crippen LogP contribution in [0.2, 0.25) is 5.02 Å². The third-order valence-corrected chi connectivity index (χ3v) is 2.00. The summed E-state index contributed by atoms with van der Waals surface area (Å²) in [6, 6.07) is 4.82. The lowest BCUT2D eigenvalue weighted by Crippen LogP contribution is -2.24. The molecule has 4 heteroatoms. The number of carboxylic acids is 1. The zero-order chi connectivity index (χ0) is 11.3. The van der Waals surface area contributed by atoms with Crippen molar-refractivity contribution in [3.8, 4) is 5.75 Å². The van der Waals surface area contributed by atoms with Gasteiger partial charge < -0.3 is 14.6 Å². The highest BCUT2D eigenvalue weighted by Gasteiger charge is 2.02. The summed E-state index contributed by atoms with van der Waals surface area (Å²) >= 11 is 5.88. The van der Waals surface area contributed by atoms with E-state index in [-0.39, 0.29) is 6.42 Å². The van der Waals surface area contributed by atoms with E-state index in [0.717, 1.165) is 0 Å². The van der Waals surface area contributed by atoms with E-state index >= 15 is 0 Å². The Morgan fingerprint density at radius 2 is 2.33 bits per heavy atom. The maximum atomic E-state index is 10.3. The summed E-state index contributed by atoms with van der Waals surface area (Å²) in [4.78, 5) is 10.3. The minimum absolute atomic E-state index is 0.151. The molecular formula is C11H10ClO3-. The first-order chi connectivity index (χ1) is 7.13. The topological polar surface area (TPSA) is 49.4 Å². The molecule has 0 unspecified atom stereocenters. The first-order valence-corrected chi connectivity index (χ1v) is 4.73. The highest BCUT2D eigenvalue weighted by molar-refractivity contribution is 6.32. The van der Waals surface area contributed by atoms with Crippen LogP contribution in [0.5, 0.6) is 5.75 Å². The van der Waals surface area contributed by atoms with Gasteiger partial charge in [-0.2, -0.15) is 0 Å². The van der Waals surface area contributed by atoms with Gasteiger partial charge in [-0.3, -0.25) is 0 Å². The monoisotopic (exact) mass is 225 g/mol. The maximum absolute atomic E-state index is 10.3. The van der Waals surface area contributed by atoms with Crippen molar-refractivity contribution in [3.05, 3.63) is 41.4 Å². The normalized spacial score (nSPS) is 9.67. The molecule has 0 saturated heterocycles. The number of hydrogen-bond donors (Lipinski definition) is 0. The van der Waals surface area contributed by atoms with Gasteiger partial charge in [0.15, 0.2) is 0 Å². The first kappa shape index (κ1) is 11.6. The van der Waals surface area contributed by atoms with Crippen LogP contribution in [0, 0.1) is 0 Å². The third-order valence-electron chi connectivity index (χ3n) is 1.70. The van der Waals surface area contributed by atoms with Crippen LogP contribution in [0.3, 0.4) is 0 Å². The van der Waals surface area contributed by atoms with Gasteiger partial charge in [0.1, 0.15) is 12.4 Å². The average Bonchev–Trinajstić information content (AvgIpc) is 2.15. The molecule has 0 fully saturated rings. The molecule has 0 spiro atoms. The van der Waals surface area contributed by atoms with E-state index in [1.54, 1.807) is 24.3 Å². The summed E-state index contributed by atoms with van der Waals surface area (Å²) in [6.07, 6.45) is 1.45. The quantitative estimate of drug-likeness (QED) is 0.708. The fourth-order valence-electron chi connectivity index (χ4n) is 1.09. The molecule has 0 amide bonds. The smallest absolute Gasteiger partial charge is 0.138 e. The Hall–Kier alpha value is -1.48. The van der Waals surface area contributed by atoms with Gasteiger partial charge in [-0.25, -0.2) is 0 Å². The summed E-state index contributed by atoms with van der Waals surface area (Å²) in [5.41, 5.74) is 0.589. The predicted octanol–water partition coefficient (Wildman–Crippen LogP) is 1.20. The van der Waals surface area contributed by atoms with E-state index in [9.17, 15) is 9.90 Å². The van der Waals surface area contributed by atoms with E-state index in [4.69, 9.17) is 16.3 Å². The van der Waals surface area contributed by atoms with Gasteiger partial charge in [-0.1, -0.05) is 30.3 Å². The molecule has 0 heterocycles. The van der Waals surface area contributed by atoms with Crippen LogP contribution in [-0.2, 0) is 11.2 Å². The molecule has 0 aliphatic heterocycles. The summed E-state index contributed by atoms with van der Waals surface area (Å²) in [5, 5.41) is 10.7. The predicted molar refractivity (Wildman–Crippen MR) is 55.9 cm³/mol. The van der Waals surface area contributed by atoms with Gasteiger partial charge in [0, 0.05) is 12.4 Å². The highest BCUT2D eigenvalue weighted by atomic mass is 35.5.